The number of hydrogen-bond donors (Lipinski definition) is 1. The number of esters is 1. The zero-order chi connectivity index (χ0) is 24.1. The molecule has 0 aromatic heterocycles. The van der Waals surface area contributed by atoms with Gasteiger partial charge in [-0.3, -0.25) is 9.63 Å². The maximum absolute atomic E-state index is 12.6. The lowest BCUT2D eigenvalue weighted by Crippen LogP contribution is -2.30. The van der Waals surface area contributed by atoms with Crippen LogP contribution in [-0.4, -0.2) is 45.0 Å². The van der Waals surface area contributed by atoms with Gasteiger partial charge < -0.3 is 10.1 Å². The van der Waals surface area contributed by atoms with Crippen LogP contribution in [0.1, 0.15) is 49.0 Å². The summed E-state index contributed by atoms with van der Waals surface area (Å²) in [7, 11) is -1.71. The number of carbonyl (C=O) groups is 2. The molecule has 0 spiro atoms. The molecule has 0 bridgehead atoms. The summed E-state index contributed by atoms with van der Waals surface area (Å²) in [6.45, 7) is 5.55. The molecule has 2 unspecified atom stereocenters. The Labute approximate surface area is 193 Å². The lowest BCUT2D eigenvalue weighted by Gasteiger charge is -2.18. The summed E-state index contributed by atoms with van der Waals surface area (Å²) in [5, 5.41) is 2.71. The molecule has 0 heterocycles. The molecular weight excluding hydrogens is 456 g/mol. The summed E-state index contributed by atoms with van der Waals surface area (Å²) >= 11 is 6.01. The second-order valence-corrected chi connectivity index (χ2v) is 9.49. The average molecular weight is 483 g/mol. The maximum atomic E-state index is 12.6. The molecule has 10 heteroatoms. The Bertz CT molecular complexity index is 1090. The standard InChI is InChI=1S/C22H27ClN2O6S/c1-6-14(2)17-9-7-8-10-19(17)24-21(26)15(3)31-22(27)16-11-12-18(23)20(13-16)32(28,29)25(4)30-5/h7-15H,6H2,1-5H3,(H,24,26). The predicted molar refractivity (Wildman–Crippen MR) is 122 cm³/mol. The highest BCUT2D eigenvalue weighted by Gasteiger charge is 2.27. The number of halogens is 1. The van der Waals surface area contributed by atoms with Crippen molar-refractivity contribution in [3.63, 3.8) is 0 Å². The zero-order valence-corrected chi connectivity index (χ0v) is 20.2. The van der Waals surface area contributed by atoms with E-state index in [-0.39, 0.29) is 21.4 Å². The highest BCUT2D eigenvalue weighted by molar-refractivity contribution is 7.89. The second-order valence-electron chi connectivity index (χ2n) is 7.18. The van der Waals surface area contributed by atoms with Crippen LogP contribution in [-0.2, 0) is 24.4 Å². The molecule has 174 valence electrons. The van der Waals surface area contributed by atoms with E-state index in [2.05, 4.69) is 19.2 Å². The Morgan fingerprint density at radius 1 is 1.16 bits per heavy atom. The van der Waals surface area contributed by atoms with Gasteiger partial charge in [0.15, 0.2) is 6.10 Å². The molecule has 2 atom stereocenters. The number of nitrogens with one attached hydrogen (secondary N) is 1. The molecule has 1 N–H and O–H groups in total. The molecule has 2 aromatic rings. The number of para-hydroxylation sites is 1. The molecule has 0 saturated heterocycles. The highest BCUT2D eigenvalue weighted by atomic mass is 35.5. The van der Waals surface area contributed by atoms with E-state index in [1.165, 1.54) is 33.2 Å². The Hall–Kier alpha value is -2.46. The van der Waals surface area contributed by atoms with Gasteiger partial charge in [-0.2, -0.15) is 0 Å². The third-order valence-corrected chi connectivity index (χ3v) is 7.22. The first-order valence-electron chi connectivity index (χ1n) is 9.96. The fraction of sp³-hybridized carbons (Fsp3) is 0.364. The number of benzene rings is 2. The third-order valence-electron chi connectivity index (χ3n) is 5.06. The van der Waals surface area contributed by atoms with Crippen LogP contribution in [0.5, 0.6) is 0 Å². The SMILES string of the molecule is CCC(C)c1ccccc1NC(=O)C(C)OC(=O)c1ccc(Cl)c(S(=O)(=O)N(C)OC)c1. The summed E-state index contributed by atoms with van der Waals surface area (Å²) in [5.74, 6) is -1.13. The van der Waals surface area contributed by atoms with Crippen molar-refractivity contribution in [2.45, 2.75) is 44.1 Å². The zero-order valence-electron chi connectivity index (χ0n) is 18.6. The van der Waals surface area contributed by atoms with Gasteiger partial charge in [0.25, 0.3) is 15.9 Å². The predicted octanol–water partition coefficient (Wildman–Crippen LogP) is 4.22. The van der Waals surface area contributed by atoms with Gasteiger partial charge in [-0.1, -0.05) is 48.1 Å². The fourth-order valence-electron chi connectivity index (χ4n) is 2.84. The summed E-state index contributed by atoms with van der Waals surface area (Å²) in [4.78, 5) is 29.6. The van der Waals surface area contributed by atoms with Gasteiger partial charge in [-0.15, -0.1) is 0 Å². The largest absolute Gasteiger partial charge is 0.449 e. The fourth-order valence-corrected chi connectivity index (χ4v) is 4.32. The monoisotopic (exact) mass is 482 g/mol. The summed E-state index contributed by atoms with van der Waals surface area (Å²) in [5.41, 5.74) is 1.56. The van der Waals surface area contributed by atoms with Crippen LogP contribution in [0.15, 0.2) is 47.4 Å². The number of rotatable bonds is 9. The van der Waals surface area contributed by atoms with E-state index in [4.69, 9.17) is 21.2 Å². The number of amides is 1. The molecule has 0 saturated carbocycles. The molecule has 32 heavy (non-hydrogen) atoms. The van der Waals surface area contributed by atoms with Gasteiger partial charge in [0.1, 0.15) is 4.90 Å². The molecule has 0 aliphatic rings. The number of anilines is 1. The molecular formula is C22H27ClN2O6S. The molecule has 0 aliphatic heterocycles. The first-order chi connectivity index (χ1) is 15.0. The smallest absolute Gasteiger partial charge is 0.338 e. The first-order valence-corrected chi connectivity index (χ1v) is 11.8. The van der Waals surface area contributed by atoms with Crippen molar-refractivity contribution in [2.75, 3.05) is 19.5 Å². The summed E-state index contributed by atoms with van der Waals surface area (Å²) in [6, 6.07) is 11.1. The van der Waals surface area contributed by atoms with E-state index >= 15 is 0 Å². The summed E-state index contributed by atoms with van der Waals surface area (Å²) in [6.07, 6.45) is -0.220. The maximum Gasteiger partial charge on any atom is 0.338 e. The van der Waals surface area contributed by atoms with E-state index in [1.54, 1.807) is 6.07 Å². The molecule has 1 amide bonds. The number of hydroxylamine groups is 1. The molecule has 0 radical (unpaired) electrons. The number of nitrogens with zero attached hydrogens (tertiary/aromatic N) is 1. The van der Waals surface area contributed by atoms with Crippen molar-refractivity contribution in [3.05, 3.63) is 58.6 Å². The van der Waals surface area contributed by atoms with Gasteiger partial charge in [-0.05, 0) is 49.1 Å². The first kappa shape index (κ1) is 25.8. The second kappa shape index (κ2) is 10.9. The minimum atomic E-state index is -4.08. The third kappa shape index (κ3) is 5.86. The normalized spacial score (nSPS) is 13.5. The average Bonchev–Trinajstić information content (AvgIpc) is 2.78. The minimum Gasteiger partial charge on any atom is -0.449 e. The summed E-state index contributed by atoms with van der Waals surface area (Å²) < 4.78 is 30.9. The van der Waals surface area contributed by atoms with Gasteiger partial charge in [0.2, 0.25) is 0 Å². The van der Waals surface area contributed by atoms with Crippen LogP contribution in [0.25, 0.3) is 0 Å². The van der Waals surface area contributed by atoms with E-state index in [1.807, 2.05) is 18.2 Å². The van der Waals surface area contributed by atoms with Crippen molar-refractivity contribution < 1.29 is 27.6 Å². The van der Waals surface area contributed by atoms with Crippen LogP contribution in [0.3, 0.4) is 0 Å². The van der Waals surface area contributed by atoms with Crippen molar-refractivity contribution in [3.8, 4) is 0 Å². The molecule has 0 aliphatic carbocycles. The number of sulfonamides is 1. The van der Waals surface area contributed by atoms with Crippen LogP contribution in [0, 0.1) is 0 Å². The minimum absolute atomic E-state index is 0.0721. The van der Waals surface area contributed by atoms with Crippen molar-refractivity contribution in [2.24, 2.45) is 0 Å². The van der Waals surface area contributed by atoms with Crippen molar-refractivity contribution in [1.82, 2.24) is 4.47 Å². The topological polar surface area (TPSA) is 102 Å². The molecule has 8 nitrogen and oxygen atoms in total. The van der Waals surface area contributed by atoms with Crippen molar-refractivity contribution >= 4 is 39.2 Å². The van der Waals surface area contributed by atoms with Crippen LogP contribution >= 0.6 is 11.6 Å². The highest BCUT2D eigenvalue weighted by Crippen LogP contribution is 2.27. The lowest BCUT2D eigenvalue weighted by atomic mass is 9.97. The van der Waals surface area contributed by atoms with Gasteiger partial charge in [0, 0.05) is 12.7 Å². The van der Waals surface area contributed by atoms with Gasteiger partial charge in [-0.25, -0.2) is 13.2 Å². The Morgan fingerprint density at radius 2 is 1.81 bits per heavy atom. The van der Waals surface area contributed by atoms with E-state index in [0.717, 1.165) is 18.1 Å². The number of ether oxygens (including phenoxy) is 1. The lowest BCUT2D eigenvalue weighted by molar-refractivity contribution is -0.123. The van der Waals surface area contributed by atoms with Crippen molar-refractivity contribution in [1.29, 1.82) is 0 Å². The van der Waals surface area contributed by atoms with Crippen LogP contribution < -0.4 is 5.32 Å². The number of carbonyl (C=O) groups excluding carboxylic acids is 2. The molecule has 0 fully saturated rings. The van der Waals surface area contributed by atoms with E-state index in [9.17, 15) is 18.0 Å². The molecule has 2 rings (SSSR count). The number of hydrogen-bond acceptors (Lipinski definition) is 6. The Morgan fingerprint density at radius 3 is 2.44 bits per heavy atom. The van der Waals surface area contributed by atoms with Crippen LogP contribution in [0.4, 0.5) is 5.69 Å². The van der Waals surface area contributed by atoms with Crippen LogP contribution in [0.2, 0.25) is 5.02 Å². The van der Waals surface area contributed by atoms with Gasteiger partial charge in [0.05, 0.1) is 17.7 Å². The molecule has 2 aromatic carbocycles. The quantitative estimate of drug-likeness (QED) is 0.424. The van der Waals surface area contributed by atoms with E-state index in [0.29, 0.717) is 10.2 Å². The van der Waals surface area contributed by atoms with E-state index < -0.39 is 28.0 Å². The Balaban J connectivity index is 2.18. The Kier molecular flexibility index (Phi) is 8.80. The van der Waals surface area contributed by atoms with Gasteiger partial charge >= 0.3 is 5.97 Å².